The quantitative estimate of drug-likeness (QED) is 0.0681. The molecule has 1 atom stereocenters. The molecular formula is C43H35NO2. The van der Waals surface area contributed by atoms with E-state index in [2.05, 4.69) is 158 Å². The SMILES string of the molecule is C=CC(=O)Oc1ccc(C(C)c2ccc(N(c3ccccc3)c3ccc(C=C(c4ccccc4)c4ccccc4)cc3)cc2)cc1. The van der Waals surface area contributed by atoms with E-state index >= 15 is 0 Å². The van der Waals surface area contributed by atoms with Crippen molar-refractivity contribution in [2.24, 2.45) is 0 Å². The van der Waals surface area contributed by atoms with E-state index < -0.39 is 5.97 Å². The highest BCUT2D eigenvalue weighted by molar-refractivity contribution is 5.91. The molecule has 6 rings (SSSR count). The number of hydrogen-bond donors (Lipinski definition) is 0. The van der Waals surface area contributed by atoms with Crippen LogP contribution in [0.25, 0.3) is 11.6 Å². The molecular weight excluding hydrogens is 562 g/mol. The van der Waals surface area contributed by atoms with E-state index in [1.807, 2.05) is 30.3 Å². The lowest BCUT2D eigenvalue weighted by molar-refractivity contribution is -0.128. The van der Waals surface area contributed by atoms with Crippen LogP contribution in [0, 0.1) is 0 Å². The summed E-state index contributed by atoms with van der Waals surface area (Å²) in [4.78, 5) is 13.8. The fourth-order valence-corrected chi connectivity index (χ4v) is 5.57. The highest BCUT2D eigenvalue weighted by atomic mass is 16.5. The molecule has 0 fully saturated rings. The predicted molar refractivity (Wildman–Crippen MR) is 191 cm³/mol. The summed E-state index contributed by atoms with van der Waals surface area (Å²) in [7, 11) is 0. The van der Waals surface area contributed by atoms with Gasteiger partial charge in [-0.15, -0.1) is 0 Å². The second kappa shape index (κ2) is 14.2. The van der Waals surface area contributed by atoms with Gasteiger partial charge in [0.15, 0.2) is 0 Å². The van der Waals surface area contributed by atoms with E-state index in [1.54, 1.807) is 0 Å². The predicted octanol–water partition coefficient (Wildman–Crippen LogP) is 11.0. The summed E-state index contributed by atoms with van der Waals surface area (Å²) < 4.78 is 5.23. The van der Waals surface area contributed by atoms with E-state index in [4.69, 9.17) is 4.74 Å². The summed E-state index contributed by atoms with van der Waals surface area (Å²) in [6, 6.07) is 56.6. The molecule has 0 spiro atoms. The number of rotatable bonds is 10. The fourth-order valence-electron chi connectivity index (χ4n) is 5.57. The molecule has 224 valence electrons. The van der Waals surface area contributed by atoms with Gasteiger partial charge >= 0.3 is 5.97 Å². The lowest BCUT2D eigenvalue weighted by Gasteiger charge is -2.26. The summed E-state index contributed by atoms with van der Waals surface area (Å²) in [5.41, 5.74) is 10.3. The van der Waals surface area contributed by atoms with Crippen molar-refractivity contribution in [3.63, 3.8) is 0 Å². The number of hydrogen-bond acceptors (Lipinski definition) is 3. The molecule has 0 bridgehead atoms. The molecule has 0 aliphatic carbocycles. The number of anilines is 3. The van der Waals surface area contributed by atoms with Crippen molar-refractivity contribution in [3.8, 4) is 5.75 Å². The molecule has 46 heavy (non-hydrogen) atoms. The minimum absolute atomic E-state index is 0.165. The molecule has 0 saturated heterocycles. The summed E-state index contributed by atoms with van der Waals surface area (Å²) in [5, 5.41) is 0. The molecule has 0 aliphatic rings. The maximum Gasteiger partial charge on any atom is 0.335 e. The van der Waals surface area contributed by atoms with Crippen molar-refractivity contribution in [1.82, 2.24) is 0 Å². The number of esters is 1. The summed E-state index contributed by atoms with van der Waals surface area (Å²) in [6.07, 6.45) is 3.42. The average Bonchev–Trinajstić information content (AvgIpc) is 3.13. The molecule has 0 saturated carbocycles. The van der Waals surface area contributed by atoms with Gasteiger partial charge in [0.05, 0.1) is 0 Å². The smallest absolute Gasteiger partial charge is 0.335 e. The average molecular weight is 598 g/mol. The first-order valence-electron chi connectivity index (χ1n) is 15.4. The zero-order valence-electron chi connectivity index (χ0n) is 25.8. The van der Waals surface area contributed by atoms with E-state index in [9.17, 15) is 4.79 Å². The summed E-state index contributed by atoms with van der Waals surface area (Å²) >= 11 is 0. The van der Waals surface area contributed by atoms with E-state index in [1.165, 1.54) is 22.3 Å². The Bertz CT molecular complexity index is 1870. The Kier molecular flexibility index (Phi) is 9.32. The topological polar surface area (TPSA) is 29.5 Å². The van der Waals surface area contributed by atoms with Crippen LogP contribution in [0.2, 0.25) is 0 Å². The van der Waals surface area contributed by atoms with Gasteiger partial charge in [0.1, 0.15) is 5.75 Å². The van der Waals surface area contributed by atoms with Gasteiger partial charge < -0.3 is 9.64 Å². The van der Waals surface area contributed by atoms with Crippen LogP contribution in [-0.2, 0) is 4.79 Å². The molecule has 3 nitrogen and oxygen atoms in total. The highest BCUT2D eigenvalue weighted by Crippen LogP contribution is 2.36. The standard InChI is InChI=1S/C43H35NO2/c1-3-43(45)46-41-29-23-35(24-30-41)32(2)34-21-27-40(28-22-34)44(38-17-11-6-12-18-38)39-25-19-33(20-26-39)31-42(36-13-7-4-8-14-36)37-15-9-5-10-16-37/h3-32H,1H2,2H3. The second-order valence-electron chi connectivity index (χ2n) is 11.1. The van der Waals surface area contributed by atoms with Crippen LogP contribution >= 0.6 is 0 Å². The van der Waals surface area contributed by atoms with Crippen LogP contribution in [0.3, 0.4) is 0 Å². The lowest BCUT2D eigenvalue weighted by atomic mass is 9.93. The molecule has 0 aliphatic heterocycles. The Balaban J connectivity index is 1.28. The highest BCUT2D eigenvalue weighted by Gasteiger charge is 2.15. The number of nitrogens with zero attached hydrogens (tertiary/aromatic N) is 1. The van der Waals surface area contributed by atoms with Crippen LogP contribution in [-0.4, -0.2) is 5.97 Å². The molecule has 6 aromatic carbocycles. The Hall–Kier alpha value is -5.93. The first-order valence-corrected chi connectivity index (χ1v) is 15.4. The largest absolute Gasteiger partial charge is 0.423 e. The Morgan fingerprint density at radius 2 is 1.02 bits per heavy atom. The molecule has 0 N–H and O–H groups in total. The number of carbonyl (C=O) groups excluding carboxylic acids is 1. The van der Waals surface area contributed by atoms with Gasteiger partial charge in [0.2, 0.25) is 0 Å². The van der Waals surface area contributed by atoms with Crippen LogP contribution in [0.1, 0.15) is 40.7 Å². The van der Waals surface area contributed by atoms with Crippen molar-refractivity contribution < 1.29 is 9.53 Å². The van der Waals surface area contributed by atoms with Gasteiger partial charge in [-0.05, 0) is 88.0 Å². The van der Waals surface area contributed by atoms with Gasteiger partial charge in [0, 0.05) is 29.1 Å². The monoisotopic (exact) mass is 597 g/mol. The number of carbonyl (C=O) groups is 1. The number of ether oxygens (including phenoxy) is 1. The van der Waals surface area contributed by atoms with E-state index in [0.29, 0.717) is 5.75 Å². The Labute approximate surface area is 271 Å². The normalized spacial score (nSPS) is 11.2. The zero-order chi connectivity index (χ0) is 31.7. The minimum Gasteiger partial charge on any atom is -0.423 e. The van der Waals surface area contributed by atoms with E-state index in [0.717, 1.165) is 34.3 Å². The molecule has 0 amide bonds. The maximum absolute atomic E-state index is 11.5. The van der Waals surface area contributed by atoms with Crippen LogP contribution < -0.4 is 9.64 Å². The van der Waals surface area contributed by atoms with Crippen LogP contribution in [0.5, 0.6) is 5.75 Å². The van der Waals surface area contributed by atoms with Gasteiger partial charge in [-0.25, -0.2) is 4.79 Å². The Morgan fingerprint density at radius 1 is 0.587 bits per heavy atom. The molecule has 6 aromatic rings. The molecule has 3 heteroatoms. The van der Waals surface area contributed by atoms with Crippen LogP contribution in [0.15, 0.2) is 176 Å². The van der Waals surface area contributed by atoms with Gasteiger partial charge in [-0.2, -0.15) is 0 Å². The van der Waals surface area contributed by atoms with Crippen molar-refractivity contribution in [2.75, 3.05) is 4.90 Å². The van der Waals surface area contributed by atoms with Gasteiger partial charge in [0.25, 0.3) is 0 Å². The van der Waals surface area contributed by atoms with Gasteiger partial charge in [-0.3, -0.25) is 0 Å². The summed E-state index contributed by atoms with van der Waals surface area (Å²) in [5.74, 6) is 0.208. The molecule has 0 heterocycles. The maximum atomic E-state index is 11.5. The third-order valence-electron chi connectivity index (χ3n) is 8.06. The summed E-state index contributed by atoms with van der Waals surface area (Å²) in [6.45, 7) is 5.64. The number of benzene rings is 6. The van der Waals surface area contributed by atoms with Crippen molar-refractivity contribution in [3.05, 3.63) is 204 Å². The third kappa shape index (κ3) is 7.06. The lowest BCUT2D eigenvalue weighted by Crippen LogP contribution is -2.10. The first kappa shape index (κ1) is 30.1. The van der Waals surface area contributed by atoms with Crippen molar-refractivity contribution in [1.29, 1.82) is 0 Å². The Morgan fingerprint density at radius 3 is 1.52 bits per heavy atom. The third-order valence-corrected chi connectivity index (χ3v) is 8.06. The van der Waals surface area contributed by atoms with Crippen molar-refractivity contribution in [2.45, 2.75) is 12.8 Å². The van der Waals surface area contributed by atoms with E-state index in [-0.39, 0.29) is 5.92 Å². The minimum atomic E-state index is -0.463. The first-order chi connectivity index (χ1) is 22.6. The van der Waals surface area contributed by atoms with Gasteiger partial charge in [-0.1, -0.05) is 129 Å². The molecule has 0 radical (unpaired) electrons. The van der Waals surface area contributed by atoms with Crippen LogP contribution in [0.4, 0.5) is 17.1 Å². The molecule has 0 aromatic heterocycles. The fraction of sp³-hybridized carbons (Fsp3) is 0.0465. The zero-order valence-corrected chi connectivity index (χ0v) is 25.8. The number of para-hydroxylation sites is 1. The van der Waals surface area contributed by atoms with Crippen molar-refractivity contribution >= 4 is 34.7 Å². The second-order valence-corrected chi connectivity index (χ2v) is 11.1. The molecule has 1 unspecified atom stereocenters.